The molecule has 1 aliphatic rings. The van der Waals surface area contributed by atoms with E-state index in [9.17, 15) is 9.18 Å². The Morgan fingerprint density at radius 2 is 2.00 bits per heavy atom. The molecule has 6 nitrogen and oxygen atoms in total. The van der Waals surface area contributed by atoms with E-state index in [1.165, 1.54) is 22.7 Å². The summed E-state index contributed by atoms with van der Waals surface area (Å²) in [6, 6.07) is 6.49. The molecule has 0 aliphatic carbocycles. The molecule has 140 valence electrons. The number of halogens is 1. The summed E-state index contributed by atoms with van der Waals surface area (Å²) in [4.78, 5) is 16.2. The lowest BCUT2D eigenvalue weighted by Gasteiger charge is -2.32. The van der Waals surface area contributed by atoms with Crippen molar-refractivity contribution in [3.05, 3.63) is 30.1 Å². The van der Waals surface area contributed by atoms with Crippen molar-refractivity contribution in [1.29, 1.82) is 0 Å². The van der Waals surface area contributed by atoms with Gasteiger partial charge in [-0.3, -0.25) is 4.79 Å². The van der Waals surface area contributed by atoms with Crippen molar-refractivity contribution in [3.8, 4) is 11.4 Å². The molecule has 0 bridgehead atoms. The monoisotopic (exact) mass is 378 g/mol. The molecule has 0 spiro atoms. The number of benzene rings is 1. The summed E-state index contributed by atoms with van der Waals surface area (Å²) in [7, 11) is 1.80. The Labute approximate surface area is 157 Å². The first-order chi connectivity index (χ1) is 12.5. The number of nitrogens with zero attached hydrogens (tertiary/aromatic N) is 4. The average molecular weight is 378 g/mol. The first kappa shape index (κ1) is 18.8. The summed E-state index contributed by atoms with van der Waals surface area (Å²) >= 11 is 1.37. The fraction of sp³-hybridized carbons (Fsp3) is 0.500. The van der Waals surface area contributed by atoms with Crippen molar-refractivity contribution in [1.82, 2.24) is 19.7 Å². The number of carbonyl (C=O) groups is 1. The number of carbonyl (C=O) groups excluding carboxylic acids is 1. The van der Waals surface area contributed by atoms with Crippen LogP contribution in [0.4, 0.5) is 4.39 Å². The van der Waals surface area contributed by atoms with Gasteiger partial charge in [0, 0.05) is 7.05 Å². The highest BCUT2D eigenvalue weighted by molar-refractivity contribution is 8.00. The lowest BCUT2D eigenvalue weighted by Crippen LogP contribution is -3.14. The molecule has 1 fully saturated rings. The fourth-order valence-electron chi connectivity index (χ4n) is 3.16. The van der Waals surface area contributed by atoms with E-state index in [0.29, 0.717) is 16.5 Å². The molecule has 1 aliphatic heterocycles. The minimum absolute atomic E-state index is 0.126. The van der Waals surface area contributed by atoms with Crippen LogP contribution in [0.1, 0.15) is 13.8 Å². The smallest absolute Gasteiger partial charge is 0.236 e. The van der Waals surface area contributed by atoms with Crippen LogP contribution in [0.25, 0.3) is 11.4 Å². The van der Waals surface area contributed by atoms with E-state index in [-0.39, 0.29) is 17.0 Å². The van der Waals surface area contributed by atoms with Crippen LogP contribution in [-0.2, 0) is 11.8 Å². The Morgan fingerprint density at radius 1 is 1.31 bits per heavy atom. The second kappa shape index (κ2) is 8.18. The summed E-state index contributed by atoms with van der Waals surface area (Å²) < 4.78 is 15.8. The SMILES string of the molecule is CC[NH+]1CCN(C(=O)[C@H](C)Sc2nnc(-c3ccccc3F)n2C)CC1. The van der Waals surface area contributed by atoms with Crippen LogP contribution in [-0.4, -0.2) is 63.5 Å². The Morgan fingerprint density at radius 3 is 2.65 bits per heavy atom. The average Bonchev–Trinajstić information content (AvgIpc) is 3.02. The highest BCUT2D eigenvalue weighted by Crippen LogP contribution is 2.27. The Balaban J connectivity index is 1.68. The molecule has 3 rings (SSSR count). The zero-order chi connectivity index (χ0) is 18.7. The van der Waals surface area contributed by atoms with Crippen molar-refractivity contribution >= 4 is 17.7 Å². The van der Waals surface area contributed by atoms with Crippen molar-refractivity contribution in [2.24, 2.45) is 7.05 Å². The van der Waals surface area contributed by atoms with Gasteiger partial charge in [0.25, 0.3) is 0 Å². The number of thioether (sulfide) groups is 1. The normalized spacial score (nSPS) is 16.7. The summed E-state index contributed by atoms with van der Waals surface area (Å²) in [6.07, 6.45) is 0. The maximum absolute atomic E-state index is 14.0. The van der Waals surface area contributed by atoms with Crippen LogP contribution in [0.3, 0.4) is 0 Å². The molecular weight excluding hydrogens is 353 g/mol. The van der Waals surface area contributed by atoms with E-state index in [1.807, 2.05) is 11.8 Å². The van der Waals surface area contributed by atoms with Gasteiger partial charge in [-0.2, -0.15) is 0 Å². The molecule has 0 unspecified atom stereocenters. The van der Waals surface area contributed by atoms with Crippen molar-refractivity contribution in [2.45, 2.75) is 24.3 Å². The lowest BCUT2D eigenvalue weighted by atomic mass is 10.2. The van der Waals surface area contributed by atoms with Gasteiger partial charge in [0.1, 0.15) is 5.82 Å². The fourth-order valence-corrected chi connectivity index (χ4v) is 4.06. The van der Waals surface area contributed by atoms with E-state index in [4.69, 9.17) is 0 Å². The van der Waals surface area contributed by atoms with Gasteiger partial charge in [-0.25, -0.2) is 4.39 Å². The van der Waals surface area contributed by atoms with Gasteiger partial charge in [0.15, 0.2) is 11.0 Å². The van der Waals surface area contributed by atoms with Gasteiger partial charge in [0.2, 0.25) is 5.91 Å². The molecule has 1 N–H and O–H groups in total. The first-order valence-corrected chi connectivity index (χ1v) is 9.82. The summed E-state index contributed by atoms with van der Waals surface area (Å²) in [6.45, 7) is 8.76. The first-order valence-electron chi connectivity index (χ1n) is 8.94. The minimum atomic E-state index is -0.333. The van der Waals surface area contributed by atoms with Gasteiger partial charge in [-0.1, -0.05) is 23.9 Å². The second-order valence-corrected chi connectivity index (χ2v) is 7.84. The topological polar surface area (TPSA) is 55.5 Å². The number of quaternary nitrogens is 1. The lowest BCUT2D eigenvalue weighted by molar-refractivity contribution is -0.902. The van der Waals surface area contributed by atoms with E-state index in [2.05, 4.69) is 17.1 Å². The molecule has 0 saturated carbocycles. The van der Waals surface area contributed by atoms with E-state index < -0.39 is 0 Å². The molecule has 1 atom stereocenters. The van der Waals surface area contributed by atoms with Gasteiger partial charge in [-0.15, -0.1) is 10.2 Å². The molecule has 8 heteroatoms. The number of hydrogen-bond acceptors (Lipinski definition) is 4. The number of nitrogens with one attached hydrogen (secondary N) is 1. The van der Waals surface area contributed by atoms with Crippen molar-refractivity contribution in [3.63, 3.8) is 0 Å². The molecule has 1 aromatic carbocycles. The number of aromatic nitrogens is 3. The molecule has 2 heterocycles. The van der Waals surface area contributed by atoms with Gasteiger partial charge in [0.05, 0.1) is 43.5 Å². The molecule has 1 saturated heterocycles. The quantitative estimate of drug-likeness (QED) is 0.784. The molecule has 1 aromatic heterocycles. The third-order valence-corrected chi connectivity index (χ3v) is 5.98. The minimum Gasteiger partial charge on any atom is -0.332 e. The Bertz CT molecular complexity index is 773. The zero-order valence-corrected chi connectivity index (χ0v) is 16.2. The number of rotatable bonds is 5. The standard InChI is InChI=1S/C18H24FN5OS/c1-4-23-9-11-24(12-10-23)17(25)13(2)26-18-21-20-16(22(18)3)14-7-5-6-8-15(14)19/h5-8,13H,4,9-12H2,1-3H3/p+1/t13-/m0/s1. The van der Waals surface area contributed by atoms with E-state index in [0.717, 1.165) is 32.7 Å². The van der Waals surface area contributed by atoms with Crippen LogP contribution in [0, 0.1) is 5.82 Å². The number of amides is 1. The summed E-state index contributed by atoms with van der Waals surface area (Å²) in [5.74, 6) is 0.256. The van der Waals surface area contributed by atoms with Crippen LogP contribution in [0.5, 0.6) is 0 Å². The highest BCUT2D eigenvalue weighted by Gasteiger charge is 2.28. The predicted molar refractivity (Wildman–Crippen MR) is 99.5 cm³/mol. The molecule has 26 heavy (non-hydrogen) atoms. The maximum Gasteiger partial charge on any atom is 0.236 e. The third-order valence-electron chi connectivity index (χ3n) is 4.86. The molecular formula is C18H25FN5OS+. The van der Waals surface area contributed by atoms with E-state index >= 15 is 0 Å². The highest BCUT2D eigenvalue weighted by atomic mass is 32.2. The maximum atomic E-state index is 14.0. The largest absolute Gasteiger partial charge is 0.332 e. The Kier molecular flexibility index (Phi) is 5.93. The van der Waals surface area contributed by atoms with E-state index in [1.54, 1.807) is 29.8 Å². The zero-order valence-electron chi connectivity index (χ0n) is 15.4. The Hall–Kier alpha value is -1.93. The number of piperazine rings is 1. The summed E-state index contributed by atoms with van der Waals surface area (Å²) in [5, 5.41) is 8.63. The second-order valence-electron chi connectivity index (χ2n) is 6.53. The van der Waals surface area contributed by atoms with Crippen LogP contribution < -0.4 is 4.90 Å². The van der Waals surface area contributed by atoms with Crippen LogP contribution >= 0.6 is 11.8 Å². The number of hydrogen-bond donors (Lipinski definition) is 1. The molecule has 1 amide bonds. The van der Waals surface area contributed by atoms with Crippen LogP contribution in [0.2, 0.25) is 0 Å². The number of likely N-dealkylation sites (N-methyl/N-ethyl adjacent to an activating group) is 1. The van der Waals surface area contributed by atoms with Gasteiger partial charge in [-0.05, 0) is 26.0 Å². The van der Waals surface area contributed by atoms with Crippen LogP contribution in [0.15, 0.2) is 29.4 Å². The summed E-state index contributed by atoms with van der Waals surface area (Å²) in [5.41, 5.74) is 0.409. The molecule has 2 aromatic rings. The molecule has 0 radical (unpaired) electrons. The van der Waals surface area contributed by atoms with Crippen molar-refractivity contribution in [2.75, 3.05) is 32.7 Å². The predicted octanol–water partition coefficient (Wildman–Crippen LogP) is 0.849. The van der Waals surface area contributed by atoms with Gasteiger partial charge < -0.3 is 14.4 Å². The van der Waals surface area contributed by atoms with Crippen molar-refractivity contribution < 1.29 is 14.1 Å². The third kappa shape index (κ3) is 3.91. The van der Waals surface area contributed by atoms with Gasteiger partial charge >= 0.3 is 0 Å².